The highest BCUT2D eigenvalue weighted by Gasteiger charge is 2.13. The van der Waals surface area contributed by atoms with Crippen LogP contribution in [0.15, 0.2) is 48.5 Å². The first kappa shape index (κ1) is 20.8. The largest absolute Gasteiger partial charge is 0.497 e. The van der Waals surface area contributed by atoms with Crippen LogP contribution in [0.3, 0.4) is 0 Å². The molecule has 0 aliphatic rings. The SMILES string of the molecule is CCOc1ccc(N(CCC#N)C(=O)/C=C/c2cc(OC)cc(OC)c2)cc1. The predicted octanol–water partition coefficient (Wildman–Crippen LogP) is 4.06. The van der Waals surface area contributed by atoms with E-state index in [1.54, 1.807) is 31.3 Å². The number of nitriles is 1. The molecule has 0 aliphatic heterocycles. The minimum atomic E-state index is -0.221. The molecule has 0 N–H and O–H groups in total. The molecule has 0 bridgehead atoms. The highest BCUT2D eigenvalue weighted by molar-refractivity contribution is 6.03. The summed E-state index contributed by atoms with van der Waals surface area (Å²) in [4.78, 5) is 14.3. The molecule has 0 unspecified atom stereocenters. The van der Waals surface area contributed by atoms with Crippen LogP contribution in [0.4, 0.5) is 5.69 Å². The van der Waals surface area contributed by atoms with Crippen molar-refractivity contribution in [1.29, 1.82) is 5.26 Å². The van der Waals surface area contributed by atoms with Crippen molar-refractivity contribution < 1.29 is 19.0 Å². The summed E-state index contributed by atoms with van der Waals surface area (Å²) in [7, 11) is 3.14. The number of carbonyl (C=O) groups is 1. The molecular formula is C22H24N2O4. The zero-order valence-corrected chi connectivity index (χ0v) is 16.3. The summed E-state index contributed by atoms with van der Waals surface area (Å²) >= 11 is 0. The maximum Gasteiger partial charge on any atom is 0.251 e. The molecule has 146 valence electrons. The molecule has 6 heteroatoms. The number of nitrogens with zero attached hydrogens (tertiary/aromatic N) is 2. The Hall–Kier alpha value is -3.46. The molecule has 0 atom stereocenters. The molecule has 0 radical (unpaired) electrons. The van der Waals surface area contributed by atoms with Gasteiger partial charge in [-0.2, -0.15) is 5.26 Å². The number of ether oxygens (including phenoxy) is 3. The van der Waals surface area contributed by atoms with Crippen molar-refractivity contribution in [1.82, 2.24) is 0 Å². The molecule has 0 saturated heterocycles. The van der Waals surface area contributed by atoms with E-state index in [4.69, 9.17) is 19.5 Å². The van der Waals surface area contributed by atoms with Crippen LogP contribution < -0.4 is 19.1 Å². The highest BCUT2D eigenvalue weighted by Crippen LogP contribution is 2.24. The standard InChI is InChI=1S/C22H24N2O4/c1-4-28-19-9-7-18(8-10-19)24(13-5-12-23)22(25)11-6-17-14-20(26-2)16-21(15-17)27-3/h6-11,14-16H,4-5,13H2,1-3H3/b11-6+. The lowest BCUT2D eigenvalue weighted by Crippen LogP contribution is -2.30. The molecule has 2 aromatic rings. The van der Waals surface area contributed by atoms with Crippen molar-refractivity contribution in [3.8, 4) is 23.3 Å². The van der Waals surface area contributed by atoms with E-state index in [0.29, 0.717) is 30.3 Å². The minimum absolute atomic E-state index is 0.221. The van der Waals surface area contributed by atoms with Crippen molar-refractivity contribution in [2.45, 2.75) is 13.3 Å². The van der Waals surface area contributed by atoms with Crippen LogP contribution in [-0.2, 0) is 4.79 Å². The predicted molar refractivity (Wildman–Crippen MR) is 109 cm³/mol. The zero-order chi connectivity index (χ0) is 20.4. The molecule has 28 heavy (non-hydrogen) atoms. The van der Waals surface area contributed by atoms with Crippen molar-refractivity contribution in [2.24, 2.45) is 0 Å². The Morgan fingerprint density at radius 3 is 2.25 bits per heavy atom. The van der Waals surface area contributed by atoms with Crippen LogP contribution in [0.2, 0.25) is 0 Å². The number of benzene rings is 2. The number of rotatable bonds is 9. The molecule has 0 heterocycles. The normalized spacial score (nSPS) is 10.4. The lowest BCUT2D eigenvalue weighted by molar-refractivity contribution is -0.114. The van der Waals surface area contributed by atoms with Gasteiger partial charge in [-0.25, -0.2) is 0 Å². The Morgan fingerprint density at radius 2 is 1.71 bits per heavy atom. The average Bonchev–Trinajstić information content (AvgIpc) is 2.73. The average molecular weight is 380 g/mol. The Bertz CT molecular complexity index is 832. The lowest BCUT2D eigenvalue weighted by atomic mass is 10.1. The van der Waals surface area contributed by atoms with E-state index in [2.05, 4.69) is 6.07 Å². The van der Waals surface area contributed by atoms with E-state index in [9.17, 15) is 4.79 Å². The third kappa shape index (κ3) is 5.78. The number of amides is 1. The molecule has 0 spiro atoms. The van der Waals surface area contributed by atoms with Crippen LogP contribution in [0.1, 0.15) is 18.9 Å². The summed E-state index contributed by atoms with van der Waals surface area (Å²) in [5.41, 5.74) is 1.48. The van der Waals surface area contributed by atoms with Gasteiger partial charge in [0.15, 0.2) is 0 Å². The van der Waals surface area contributed by atoms with E-state index >= 15 is 0 Å². The molecule has 1 amide bonds. The molecule has 0 saturated carbocycles. The first-order chi connectivity index (χ1) is 13.6. The quantitative estimate of drug-likeness (QED) is 0.614. The fraction of sp³-hybridized carbons (Fsp3) is 0.273. The van der Waals surface area contributed by atoms with Crippen molar-refractivity contribution in [2.75, 3.05) is 32.3 Å². The van der Waals surface area contributed by atoms with Crippen LogP contribution in [0, 0.1) is 11.3 Å². The fourth-order valence-electron chi connectivity index (χ4n) is 2.60. The van der Waals surface area contributed by atoms with E-state index in [1.165, 1.54) is 6.08 Å². The van der Waals surface area contributed by atoms with E-state index in [0.717, 1.165) is 11.3 Å². The molecule has 0 aromatic heterocycles. The first-order valence-electron chi connectivity index (χ1n) is 8.93. The Kier molecular flexibility index (Phi) is 7.92. The van der Waals surface area contributed by atoms with E-state index < -0.39 is 0 Å². The number of methoxy groups -OCH3 is 2. The van der Waals surface area contributed by atoms with Gasteiger partial charge < -0.3 is 19.1 Å². The molecule has 6 nitrogen and oxygen atoms in total. The second-order valence-electron chi connectivity index (χ2n) is 5.80. The number of hydrogen-bond acceptors (Lipinski definition) is 5. The van der Waals surface area contributed by atoms with Gasteiger partial charge in [0, 0.05) is 24.4 Å². The second kappa shape index (κ2) is 10.6. The Morgan fingerprint density at radius 1 is 1.07 bits per heavy atom. The second-order valence-corrected chi connectivity index (χ2v) is 5.80. The van der Waals surface area contributed by atoms with Gasteiger partial charge in [0.25, 0.3) is 5.91 Å². The Balaban J connectivity index is 2.23. The maximum absolute atomic E-state index is 12.8. The molecule has 2 rings (SSSR count). The third-order valence-corrected chi connectivity index (χ3v) is 3.96. The monoisotopic (exact) mass is 380 g/mol. The van der Waals surface area contributed by atoms with E-state index in [1.807, 2.05) is 43.3 Å². The first-order valence-corrected chi connectivity index (χ1v) is 8.93. The van der Waals surface area contributed by atoms with Gasteiger partial charge in [0.2, 0.25) is 0 Å². The van der Waals surface area contributed by atoms with Gasteiger partial charge in [-0.1, -0.05) is 0 Å². The summed E-state index contributed by atoms with van der Waals surface area (Å²) in [6.45, 7) is 2.78. The van der Waals surface area contributed by atoms with Gasteiger partial charge in [-0.15, -0.1) is 0 Å². The molecule has 0 fully saturated rings. The lowest BCUT2D eigenvalue weighted by Gasteiger charge is -2.20. The number of carbonyl (C=O) groups excluding carboxylic acids is 1. The Labute approximate surface area is 165 Å². The van der Waals surface area contributed by atoms with Gasteiger partial charge >= 0.3 is 0 Å². The van der Waals surface area contributed by atoms with Crippen LogP contribution in [0.25, 0.3) is 6.08 Å². The fourth-order valence-corrected chi connectivity index (χ4v) is 2.60. The smallest absolute Gasteiger partial charge is 0.251 e. The van der Waals surface area contributed by atoms with Crippen molar-refractivity contribution in [3.05, 3.63) is 54.1 Å². The summed E-state index contributed by atoms with van der Waals surface area (Å²) in [6, 6.07) is 14.7. The molecular weight excluding hydrogens is 356 g/mol. The molecule has 0 aliphatic carbocycles. The van der Waals surface area contributed by atoms with Gasteiger partial charge in [-0.05, 0) is 55.0 Å². The van der Waals surface area contributed by atoms with Crippen molar-refractivity contribution >= 4 is 17.7 Å². The van der Waals surface area contributed by atoms with Crippen LogP contribution in [0.5, 0.6) is 17.2 Å². The van der Waals surface area contributed by atoms with Crippen LogP contribution >= 0.6 is 0 Å². The van der Waals surface area contributed by atoms with Gasteiger partial charge in [0.05, 0.1) is 33.3 Å². The minimum Gasteiger partial charge on any atom is -0.497 e. The summed E-state index contributed by atoms with van der Waals surface area (Å²) in [5.74, 6) is 1.79. The maximum atomic E-state index is 12.8. The zero-order valence-electron chi connectivity index (χ0n) is 16.3. The van der Waals surface area contributed by atoms with E-state index in [-0.39, 0.29) is 12.3 Å². The van der Waals surface area contributed by atoms with Gasteiger partial charge in [0.1, 0.15) is 17.2 Å². The third-order valence-electron chi connectivity index (χ3n) is 3.96. The summed E-state index contributed by atoms with van der Waals surface area (Å²) < 4.78 is 15.9. The topological polar surface area (TPSA) is 71.8 Å². The molecule has 2 aromatic carbocycles. The highest BCUT2D eigenvalue weighted by atomic mass is 16.5. The number of anilines is 1. The van der Waals surface area contributed by atoms with Gasteiger partial charge in [-0.3, -0.25) is 4.79 Å². The number of hydrogen-bond donors (Lipinski definition) is 0. The van der Waals surface area contributed by atoms with Crippen molar-refractivity contribution in [3.63, 3.8) is 0 Å². The van der Waals surface area contributed by atoms with Crippen LogP contribution in [-0.4, -0.2) is 33.3 Å². The summed E-state index contributed by atoms with van der Waals surface area (Å²) in [6.07, 6.45) is 3.41. The summed E-state index contributed by atoms with van der Waals surface area (Å²) in [5, 5.41) is 8.93.